The molecule has 0 spiro atoms. The summed E-state index contributed by atoms with van der Waals surface area (Å²) in [6, 6.07) is 14.4. The van der Waals surface area contributed by atoms with Crippen LogP contribution in [0.4, 0.5) is 5.69 Å². The molecule has 1 N–H and O–H groups in total. The highest BCUT2D eigenvalue weighted by Crippen LogP contribution is 2.49. The van der Waals surface area contributed by atoms with Gasteiger partial charge in [0.1, 0.15) is 0 Å². The van der Waals surface area contributed by atoms with E-state index in [9.17, 15) is 9.59 Å². The maximum absolute atomic E-state index is 13.5. The van der Waals surface area contributed by atoms with Crippen molar-refractivity contribution in [2.45, 2.75) is 43.4 Å². The quantitative estimate of drug-likeness (QED) is 0.656. The number of amides is 1. The number of hydrogen-bond donors (Lipinski definition) is 1. The Bertz CT molecular complexity index is 1060. The van der Waals surface area contributed by atoms with E-state index < -0.39 is 5.97 Å². The van der Waals surface area contributed by atoms with Crippen LogP contribution in [0.5, 0.6) is 0 Å². The van der Waals surface area contributed by atoms with Gasteiger partial charge < -0.3 is 5.11 Å². The van der Waals surface area contributed by atoms with Crippen LogP contribution in [-0.4, -0.2) is 38.3 Å². The minimum Gasteiger partial charge on any atom is -0.478 e. The van der Waals surface area contributed by atoms with Gasteiger partial charge in [-0.2, -0.15) is 0 Å². The third-order valence-electron chi connectivity index (χ3n) is 6.70. The van der Waals surface area contributed by atoms with Crippen molar-refractivity contribution in [1.29, 1.82) is 0 Å². The van der Waals surface area contributed by atoms with E-state index in [1.54, 1.807) is 24.3 Å². The minimum atomic E-state index is -0.965. The van der Waals surface area contributed by atoms with Crippen molar-refractivity contribution < 1.29 is 14.7 Å². The predicted octanol–water partition coefficient (Wildman–Crippen LogP) is 5.40. The molecule has 5 rings (SSSR count). The highest BCUT2D eigenvalue weighted by Gasteiger charge is 2.49. The number of rotatable bonds is 5. The fourth-order valence-corrected chi connectivity index (χ4v) is 6.62. The van der Waals surface area contributed by atoms with Gasteiger partial charge in [0, 0.05) is 11.1 Å². The van der Waals surface area contributed by atoms with Gasteiger partial charge in [0.15, 0.2) is 5.17 Å². The molecular formula is C24H23ClN2O3S. The number of thioether (sulfide) groups is 1. The maximum atomic E-state index is 13.5. The fourth-order valence-electron chi connectivity index (χ4n) is 5.18. The number of carbonyl (C=O) groups is 2. The van der Waals surface area contributed by atoms with Crippen molar-refractivity contribution in [2.75, 3.05) is 0 Å². The Hall–Kier alpha value is -2.31. The van der Waals surface area contributed by atoms with Gasteiger partial charge in [-0.1, -0.05) is 48.0 Å². The number of nitrogens with zero attached hydrogens (tertiary/aromatic N) is 2. The molecule has 160 valence electrons. The van der Waals surface area contributed by atoms with Crippen LogP contribution in [0.2, 0.25) is 5.02 Å². The van der Waals surface area contributed by atoms with Crippen molar-refractivity contribution >= 4 is 46.1 Å². The third kappa shape index (κ3) is 3.99. The molecule has 2 aromatic carbocycles. The highest BCUT2D eigenvalue weighted by molar-refractivity contribution is 8.15. The SMILES string of the molecule is O=C(O)c1ccc(N=C2S[C@H](Cc3ccccc3Cl)C(=O)N2[C@@H]2C[C@H]3CC[C@H]2C3)cc1. The van der Waals surface area contributed by atoms with Gasteiger partial charge in [0.25, 0.3) is 0 Å². The fraction of sp³-hybridized carbons (Fsp3) is 0.375. The van der Waals surface area contributed by atoms with Crippen LogP contribution < -0.4 is 0 Å². The van der Waals surface area contributed by atoms with Crippen LogP contribution in [0.1, 0.15) is 41.6 Å². The second-order valence-corrected chi connectivity index (χ2v) is 10.2. The van der Waals surface area contributed by atoms with E-state index in [1.165, 1.54) is 31.0 Å². The molecule has 2 bridgehead atoms. The number of fused-ring (bicyclic) bond motifs is 2. The number of carboxylic acid groups (broad SMARTS) is 1. The second kappa shape index (κ2) is 8.32. The Kier molecular flexibility index (Phi) is 5.52. The first-order valence-electron chi connectivity index (χ1n) is 10.6. The molecule has 1 amide bonds. The molecule has 1 saturated heterocycles. The van der Waals surface area contributed by atoms with Gasteiger partial charge in [-0.15, -0.1) is 0 Å². The molecule has 3 fully saturated rings. The van der Waals surface area contributed by atoms with Crippen molar-refractivity contribution in [3.63, 3.8) is 0 Å². The standard InChI is InChI=1S/C24H23ClN2O3S/c25-19-4-2-1-3-16(19)13-21-22(28)27(20-12-14-5-6-17(20)11-14)24(31-21)26-18-9-7-15(8-10-18)23(29)30/h1-4,7-10,14,17,20-21H,5-6,11-13H2,(H,29,30)/t14-,17-,20+,21+/m0/s1. The van der Waals surface area contributed by atoms with E-state index in [0.29, 0.717) is 29.0 Å². The van der Waals surface area contributed by atoms with Crippen LogP contribution in [0, 0.1) is 11.8 Å². The van der Waals surface area contributed by atoms with Crippen LogP contribution in [0.25, 0.3) is 0 Å². The lowest BCUT2D eigenvalue weighted by molar-refractivity contribution is -0.128. The van der Waals surface area contributed by atoms with Crippen LogP contribution in [0.15, 0.2) is 53.5 Å². The smallest absolute Gasteiger partial charge is 0.335 e. The summed E-state index contributed by atoms with van der Waals surface area (Å²) in [6.07, 6.45) is 5.27. The number of aromatic carboxylic acids is 1. The zero-order valence-electron chi connectivity index (χ0n) is 16.9. The summed E-state index contributed by atoms with van der Waals surface area (Å²) in [5.41, 5.74) is 1.85. The lowest BCUT2D eigenvalue weighted by atomic mass is 9.94. The van der Waals surface area contributed by atoms with E-state index >= 15 is 0 Å². The first-order chi connectivity index (χ1) is 15.0. The molecule has 0 aromatic heterocycles. The molecule has 7 heteroatoms. The van der Waals surface area contributed by atoms with Gasteiger partial charge in [-0.05, 0) is 73.4 Å². The van der Waals surface area contributed by atoms with Gasteiger partial charge >= 0.3 is 5.97 Å². The number of carboxylic acids is 1. The molecule has 0 unspecified atom stereocenters. The number of halogens is 1. The number of hydrogen-bond acceptors (Lipinski definition) is 4. The lowest BCUT2D eigenvalue weighted by Crippen LogP contribution is -2.44. The maximum Gasteiger partial charge on any atom is 0.335 e. The lowest BCUT2D eigenvalue weighted by Gasteiger charge is -2.31. The van der Waals surface area contributed by atoms with E-state index in [4.69, 9.17) is 21.7 Å². The Morgan fingerprint density at radius 3 is 2.55 bits per heavy atom. The summed E-state index contributed by atoms with van der Waals surface area (Å²) in [6.45, 7) is 0. The number of benzene rings is 2. The second-order valence-electron chi connectivity index (χ2n) is 8.60. The molecule has 3 aliphatic rings. The van der Waals surface area contributed by atoms with Crippen molar-refractivity contribution in [3.05, 3.63) is 64.7 Å². The van der Waals surface area contributed by atoms with Crippen LogP contribution in [0.3, 0.4) is 0 Å². The molecule has 2 aromatic rings. The predicted molar refractivity (Wildman–Crippen MR) is 123 cm³/mol. The van der Waals surface area contributed by atoms with Crippen molar-refractivity contribution in [3.8, 4) is 0 Å². The largest absolute Gasteiger partial charge is 0.478 e. The minimum absolute atomic E-state index is 0.114. The molecule has 4 atom stereocenters. The Labute approximate surface area is 190 Å². The van der Waals surface area contributed by atoms with E-state index in [1.807, 2.05) is 29.2 Å². The van der Waals surface area contributed by atoms with Gasteiger partial charge in [-0.25, -0.2) is 9.79 Å². The van der Waals surface area contributed by atoms with Crippen molar-refractivity contribution in [1.82, 2.24) is 4.90 Å². The third-order valence-corrected chi connectivity index (χ3v) is 8.22. The molecular weight excluding hydrogens is 432 g/mol. The number of aliphatic imine (C=N–C) groups is 1. The summed E-state index contributed by atoms with van der Waals surface area (Å²) in [5.74, 6) is 0.413. The molecule has 31 heavy (non-hydrogen) atoms. The van der Waals surface area contributed by atoms with Gasteiger partial charge in [0.05, 0.1) is 16.5 Å². The Balaban J connectivity index is 1.45. The Morgan fingerprint density at radius 1 is 1.13 bits per heavy atom. The number of amidine groups is 1. The molecule has 1 aliphatic heterocycles. The topological polar surface area (TPSA) is 70.0 Å². The first-order valence-corrected chi connectivity index (χ1v) is 11.9. The van der Waals surface area contributed by atoms with Crippen molar-refractivity contribution in [2.24, 2.45) is 16.8 Å². The normalized spacial score (nSPS) is 28.6. The first kappa shape index (κ1) is 20.6. The zero-order valence-corrected chi connectivity index (χ0v) is 18.5. The molecule has 1 heterocycles. The summed E-state index contributed by atoms with van der Waals surface area (Å²) >= 11 is 7.86. The molecule has 0 radical (unpaired) electrons. The van der Waals surface area contributed by atoms with E-state index in [2.05, 4.69) is 0 Å². The molecule has 2 saturated carbocycles. The summed E-state index contributed by atoms with van der Waals surface area (Å²) in [4.78, 5) is 31.4. The Morgan fingerprint density at radius 2 is 1.90 bits per heavy atom. The average Bonchev–Trinajstić information content (AvgIpc) is 3.45. The average molecular weight is 455 g/mol. The van der Waals surface area contributed by atoms with Gasteiger partial charge in [0.2, 0.25) is 5.91 Å². The molecule has 5 nitrogen and oxygen atoms in total. The van der Waals surface area contributed by atoms with E-state index in [0.717, 1.165) is 17.2 Å². The number of carbonyl (C=O) groups excluding carboxylic acids is 1. The molecule has 2 aliphatic carbocycles. The summed E-state index contributed by atoms with van der Waals surface area (Å²) in [7, 11) is 0. The summed E-state index contributed by atoms with van der Waals surface area (Å²) < 4.78 is 0. The monoisotopic (exact) mass is 454 g/mol. The van der Waals surface area contributed by atoms with Crippen LogP contribution in [-0.2, 0) is 11.2 Å². The highest BCUT2D eigenvalue weighted by atomic mass is 35.5. The van der Waals surface area contributed by atoms with Gasteiger partial charge in [-0.3, -0.25) is 9.69 Å². The van der Waals surface area contributed by atoms with E-state index in [-0.39, 0.29) is 22.8 Å². The zero-order chi connectivity index (χ0) is 21.5. The summed E-state index contributed by atoms with van der Waals surface area (Å²) in [5, 5.41) is 10.3. The van der Waals surface area contributed by atoms with Crippen LogP contribution >= 0.6 is 23.4 Å².